The lowest BCUT2D eigenvalue weighted by molar-refractivity contribution is 0.00953. The van der Waals surface area contributed by atoms with Gasteiger partial charge in [-0.15, -0.1) is 0 Å². The molecule has 0 aliphatic heterocycles. The second-order valence-corrected chi connectivity index (χ2v) is 4.97. The first-order valence-electron chi connectivity index (χ1n) is 6.60. The SMILES string of the molecule is CC(C)COCCOC(C)C(=O)c1ccc(F)cc1F. The zero-order valence-corrected chi connectivity index (χ0v) is 12.0. The van der Waals surface area contributed by atoms with E-state index in [4.69, 9.17) is 9.47 Å². The Hall–Kier alpha value is -1.33. The lowest BCUT2D eigenvalue weighted by Gasteiger charge is -2.13. The molecular formula is C15H20F2O3. The zero-order valence-electron chi connectivity index (χ0n) is 12.0. The van der Waals surface area contributed by atoms with Gasteiger partial charge in [-0.05, 0) is 25.0 Å². The van der Waals surface area contributed by atoms with Crippen molar-refractivity contribution >= 4 is 5.78 Å². The Bertz CT molecular complexity index is 447. The number of Topliss-reactive ketones (excluding diaryl/α,β-unsaturated/α-hetero) is 1. The van der Waals surface area contributed by atoms with Gasteiger partial charge in [0.1, 0.15) is 17.7 Å². The summed E-state index contributed by atoms with van der Waals surface area (Å²) in [4.78, 5) is 11.9. The van der Waals surface area contributed by atoms with Gasteiger partial charge in [-0.1, -0.05) is 13.8 Å². The van der Waals surface area contributed by atoms with Gasteiger partial charge in [-0.25, -0.2) is 8.78 Å². The number of ketones is 1. The van der Waals surface area contributed by atoms with E-state index in [0.29, 0.717) is 25.2 Å². The van der Waals surface area contributed by atoms with Crippen molar-refractivity contribution in [2.24, 2.45) is 5.92 Å². The third kappa shape index (κ3) is 5.35. The van der Waals surface area contributed by atoms with Gasteiger partial charge in [0.15, 0.2) is 5.78 Å². The number of hydrogen-bond acceptors (Lipinski definition) is 3. The highest BCUT2D eigenvalue weighted by Gasteiger charge is 2.19. The second kappa shape index (κ2) is 8.07. The fourth-order valence-electron chi connectivity index (χ4n) is 1.59. The predicted octanol–water partition coefficient (Wildman–Crippen LogP) is 3.23. The van der Waals surface area contributed by atoms with Gasteiger partial charge in [-0.2, -0.15) is 0 Å². The molecule has 1 aromatic rings. The molecule has 1 unspecified atom stereocenters. The summed E-state index contributed by atoms with van der Waals surface area (Å²) < 4.78 is 36.8. The highest BCUT2D eigenvalue weighted by molar-refractivity contribution is 5.99. The zero-order chi connectivity index (χ0) is 15.1. The Labute approximate surface area is 117 Å². The van der Waals surface area contributed by atoms with Gasteiger partial charge in [-0.3, -0.25) is 4.79 Å². The quantitative estimate of drug-likeness (QED) is 0.543. The van der Waals surface area contributed by atoms with Crippen molar-refractivity contribution in [3.05, 3.63) is 35.4 Å². The molecule has 0 amide bonds. The van der Waals surface area contributed by atoms with Crippen LogP contribution in [0.25, 0.3) is 0 Å². The van der Waals surface area contributed by atoms with Crippen LogP contribution in [0.2, 0.25) is 0 Å². The van der Waals surface area contributed by atoms with Crippen molar-refractivity contribution in [2.75, 3.05) is 19.8 Å². The van der Waals surface area contributed by atoms with Crippen LogP contribution in [0.15, 0.2) is 18.2 Å². The number of hydrogen-bond donors (Lipinski definition) is 0. The van der Waals surface area contributed by atoms with E-state index in [0.717, 1.165) is 12.1 Å². The number of halogens is 2. The first-order chi connectivity index (χ1) is 9.41. The molecule has 20 heavy (non-hydrogen) atoms. The van der Waals surface area contributed by atoms with Gasteiger partial charge in [0.2, 0.25) is 0 Å². The van der Waals surface area contributed by atoms with E-state index in [1.165, 1.54) is 6.92 Å². The average Bonchev–Trinajstić information content (AvgIpc) is 2.37. The van der Waals surface area contributed by atoms with Crippen LogP contribution in [0, 0.1) is 17.6 Å². The van der Waals surface area contributed by atoms with Gasteiger partial charge in [0.05, 0.1) is 18.8 Å². The van der Waals surface area contributed by atoms with Crippen molar-refractivity contribution in [3.8, 4) is 0 Å². The summed E-state index contributed by atoms with van der Waals surface area (Å²) in [5.74, 6) is -1.66. The van der Waals surface area contributed by atoms with Crippen LogP contribution in [-0.2, 0) is 9.47 Å². The third-order valence-corrected chi connectivity index (χ3v) is 2.61. The molecule has 0 aliphatic rings. The van der Waals surface area contributed by atoms with E-state index in [2.05, 4.69) is 0 Å². The molecule has 3 nitrogen and oxygen atoms in total. The van der Waals surface area contributed by atoms with Crippen LogP contribution in [0.5, 0.6) is 0 Å². The molecule has 0 spiro atoms. The van der Waals surface area contributed by atoms with Crippen LogP contribution < -0.4 is 0 Å². The Morgan fingerprint density at radius 1 is 1.20 bits per heavy atom. The van der Waals surface area contributed by atoms with E-state index >= 15 is 0 Å². The third-order valence-electron chi connectivity index (χ3n) is 2.61. The maximum absolute atomic E-state index is 13.5. The lowest BCUT2D eigenvalue weighted by atomic mass is 10.1. The molecule has 0 saturated carbocycles. The summed E-state index contributed by atoms with van der Waals surface area (Å²) in [5.41, 5.74) is -0.165. The van der Waals surface area contributed by atoms with Gasteiger partial charge in [0.25, 0.3) is 0 Å². The molecule has 0 N–H and O–H groups in total. The van der Waals surface area contributed by atoms with Crippen LogP contribution >= 0.6 is 0 Å². The summed E-state index contributed by atoms with van der Waals surface area (Å²) in [6, 6.07) is 2.86. The smallest absolute Gasteiger partial charge is 0.194 e. The highest BCUT2D eigenvalue weighted by Crippen LogP contribution is 2.13. The number of ether oxygens (including phenoxy) is 2. The molecule has 1 atom stereocenters. The van der Waals surface area contributed by atoms with Crippen LogP contribution in [0.3, 0.4) is 0 Å². The molecule has 0 radical (unpaired) electrons. The second-order valence-electron chi connectivity index (χ2n) is 4.97. The largest absolute Gasteiger partial charge is 0.379 e. The Morgan fingerprint density at radius 3 is 2.50 bits per heavy atom. The average molecular weight is 286 g/mol. The molecule has 1 rings (SSSR count). The van der Waals surface area contributed by atoms with Crippen molar-refractivity contribution in [1.82, 2.24) is 0 Å². The van der Waals surface area contributed by atoms with Crippen molar-refractivity contribution in [2.45, 2.75) is 26.9 Å². The number of benzene rings is 1. The molecule has 0 fully saturated rings. The molecule has 0 bridgehead atoms. The van der Waals surface area contributed by atoms with E-state index < -0.39 is 23.5 Å². The molecule has 5 heteroatoms. The van der Waals surface area contributed by atoms with Crippen molar-refractivity contribution in [3.63, 3.8) is 0 Å². The number of carbonyl (C=O) groups is 1. The Morgan fingerprint density at radius 2 is 1.90 bits per heavy atom. The van der Waals surface area contributed by atoms with Crippen LogP contribution in [0.1, 0.15) is 31.1 Å². The fourth-order valence-corrected chi connectivity index (χ4v) is 1.59. The van der Waals surface area contributed by atoms with Crippen LogP contribution in [-0.4, -0.2) is 31.7 Å². The molecule has 0 saturated heterocycles. The minimum absolute atomic E-state index is 0.165. The summed E-state index contributed by atoms with van der Waals surface area (Å²) in [6.07, 6.45) is -0.794. The van der Waals surface area contributed by atoms with E-state index in [9.17, 15) is 13.6 Å². The minimum Gasteiger partial charge on any atom is -0.379 e. The van der Waals surface area contributed by atoms with Crippen LogP contribution in [0.4, 0.5) is 8.78 Å². The Balaban J connectivity index is 2.43. The predicted molar refractivity (Wildman–Crippen MR) is 71.8 cm³/mol. The monoisotopic (exact) mass is 286 g/mol. The highest BCUT2D eigenvalue weighted by atomic mass is 19.1. The van der Waals surface area contributed by atoms with Gasteiger partial charge < -0.3 is 9.47 Å². The molecule has 112 valence electrons. The maximum atomic E-state index is 13.5. The number of rotatable bonds is 8. The fraction of sp³-hybridized carbons (Fsp3) is 0.533. The molecule has 1 aromatic carbocycles. The van der Waals surface area contributed by atoms with Gasteiger partial charge in [0, 0.05) is 12.7 Å². The van der Waals surface area contributed by atoms with Crippen molar-refractivity contribution < 1.29 is 23.0 Å². The lowest BCUT2D eigenvalue weighted by Crippen LogP contribution is -2.24. The molecule has 0 aliphatic carbocycles. The Kier molecular flexibility index (Phi) is 6.75. The van der Waals surface area contributed by atoms with E-state index in [-0.39, 0.29) is 12.2 Å². The standard InChI is InChI=1S/C15H20F2O3/c1-10(2)9-19-6-7-20-11(3)15(18)13-5-4-12(16)8-14(13)17/h4-5,8,10-11H,6-7,9H2,1-3H3. The summed E-state index contributed by atoms with van der Waals surface area (Å²) in [6.45, 7) is 6.85. The summed E-state index contributed by atoms with van der Waals surface area (Å²) >= 11 is 0. The maximum Gasteiger partial charge on any atom is 0.194 e. The summed E-state index contributed by atoms with van der Waals surface area (Å²) in [5, 5.41) is 0. The minimum atomic E-state index is -0.874. The molecule has 0 heterocycles. The van der Waals surface area contributed by atoms with Gasteiger partial charge >= 0.3 is 0 Å². The van der Waals surface area contributed by atoms with Crippen molar-refractivity contribution in [1.29, 1.82) is 0 Å². The topological polar surface area (TPSA) is 35.5 Å². The normalized spacial score (nSPS) is 12.7. The first kappa shape index (κ1) is 16.7. The van der Waals surface area contributed by atoms with E-state index in [1.807, 2.05) is 13.8 Å². The number of carbonyl (C=O) groups excluding carboxylic acids is 1. The molecular weight excluding hydrogens is 266 g/mol. The first-order valence-corrected chi connectivity index (χ1v) is 6.60. The molecule has 0 aromatic heterocycles. The summed E-state index contributed by atoms with van der Waals surface area (Å²) in [7, 11) is 0. The van der Waals surface area contributed by atoms with E-state index in [1.54, 1.807) is 0 Å².